The second-order valence-corrected chi connectivity index (χ2v) is 7.76. The highest BCUT2D eigenvalue weighted by atomic mass is 32.2. The van der Waals surface area contributed by atoms with Gasteiger partial charge in [0.25, 0.3) is 0 Å². The maximum atomic E-state index is 13.4. The number of nitrogens with one attached hydrogen (secondary N) is 1. The molecule has 0 saturated heterocycles. The van der Waals surface area contributed by atoms with Crippen molar-refractivity contribution in [2.24, 2.45) is 17.6 Å². The van der Waals surface area contributed by atoms with Crippen molar-refractivity contribution in [2.75, 3.05) is 0 Å². The molecule has 3 unspecified atom stereocenters. The largest absolute Gasteiger partial charge is 0.326 e. The third-order valence-electron chi connectivity index (χ3n) is 4.47. The third kappa shape index (κ3) is 3.81. The summed E-state index contributed by atoms with van der Waals surface area (Å²) in [5.74, 6) is 0.649. The van der Waals surface area contributed by atoms with Crippen molar-refractivity contribution in [1.29, 1.82) is 0 Å². The maximum Gasteiger partial charge on any atom is 0.240 e. The summed E-state index contributed by atoms with van der Waals surface area (Å²) in [6, 6.07) is 3.70. The monoisotopic (exact) mass is 314 g/mol. The minimum Gasteiger partial charge on any atom is -0.326 e. The third-order valence-corrected chi connectivity index (χ3v) is 5.99. The lowest BCUT2D eigenvalue weighted by atomic mass is 9.79. The van der Waals surface area contributed by atoms with Crippen molar-refractivity contribution in [3.63, 3.8) is 0 Å². The normalized spacial score (nSPS) is 26.8. The number of nitrogens with two attached hydrogens (primary N) is 1. The van der Waals surface area contributed by atoms with Gasteiger partial charge in [-0.1, -0.05) is 13.8 Å². The molecule has 1 saturated carbocycles. The fraction of sp³-hybridized carbons (Fsp3) is 0.600. The van der Waals surface area contributed by atoms with E-state index in [1.165, 1.54) is 12.1 Å². The molecule has 21 heavy (non-hydrogen) atoms. The molecular formula is C15H23FN2O2S. The van der Waals surface area contributed by atoms with Crippen LogP contribution in [0, 0.1) is 17.7 Å². The minimum absolute atomic E-state index is 0.0207. The Labute approximate surface area is 126 Å². The average molecular weight is 314 g/mol. The molecule has 4 nitrogen and oxygen atoms in total. The summed E-state index contributed by atoms with van der Waals surface area (Å²) in [7, 11) is -3.62. The van der Waals surface area contributed by atoms with Crippen molar-refractivity contribution < 1.29 is 12.8 Å². The highest BCUT2D eigenvalue weighted by molar-refractivity contribution is 7.89. The molecular weight excluding hydrogens is 291 g/mol. The number of sulfonamides is 1. The average Bonchev–Trinajstić information content (AvgIpc) is 2.43. The fourth-order valence-corrected chi connectivity index (χ4v) is 4.15. The molecule has 0 amide bonds. The van der Waals surface area contributed by atoms with Gasteiger partial charge in [-0.25, -0.2) is 17.5 Å². The van der Waals surface area contributed by atoms with Crippen LogP contribution in [0.5, 0.6) is 0 Å². The van der Waals surface area contributed by atoms with Crippen molar-refractivity contribution in [1.82, 2.24) is 4.72 Å². The Morgan fingerprint density at radius 2 is 2.00 bits per heavy atom. The molecule has 1 aromatic carbocycles. The van der Waals surface area contributed by atoms with Crippen LogP contribution in [0.25, 0.3) is 0 Å². The van der Waals surface area contributed by atoms with Crippen LogP contribution in [0.1, 0.15) is 38.7 Å². The summed E-state index contributed by atoms with van der Waals surface area (Å²) in [6.07, 6.45) is 2.70. The first-order valence-electron chi connectivity index (χ1n) is 7.34. The standard InChI is InChI=1S/C15H23FN2O2S/c1-10-3-4-13(7-11(10)2)18-21(19,20)14-5-6-15(16)12(8-14)9-17/h5-6,8,10-11,13,18H,3-4,7,9,17H2,1-2H3. The van der Waals surface area contributed by atoms with E-state index in [9.17, 15) is 12.8 Å². The summed E-state index contributed by atoms with van der Waals surface area (Å²) >= 11 is 0. The molecule has 0 aromatic heterocycles. The molecule has 3 atom stereocenters. The van der Waals surface area contributed by atoms with E-state index in [1.807, 2.05) is 0 Å². The van der Waals surface area contributed by atoms with Gasteiger partial charge in [0.1, 0.15) is 5.82 Å². The lowest BCUT2D eigenvalue weighted by Gasteiger charge is -2.32. The predicted molar refractivity (Wildman–Crippen MR) is 80.6 cm³/mol. The lowest BCUT2D eigenvalue weighted by Crippen LogP contribution is -2.39. The Morgan fingerprint density at radius 1 is 1.29 bits per heavy atom. The van der Waals surface area contributed by atoms with E-state index < -0.39 is 15.8 Å². The van der Waals surface area contributed by atoms with Crippen molar-refractivity contribution in [2.45, 2.75) is 50.6 Å². The van der Waals surface area contributed by atoms with E-state index in [0.717, 1.165) is 25.3 Å². The fourth-order valence-electron chi connectivity index (χ4n) is 2.82. The van der Waals surface area contributed by atoms with Gasteiger partial charge in [-0.3, -0.25) is 0 Å². The summed E-state index contributed by atoms with van der Waals surface area (Å²) in [4.78, 5) is 0.0793. The molecule has 1 fully saturated rings. The second kappa shape index (κ2) is 6.42. The number of rotatable bonds is 4. The quantitative estimate of drug-likeness (QED) is 0.896. The Morgan fingerprint density at radius 3 is 2.62 bits per heavy atom. The first kappa shape index (κ1) is 16.4. The van der Waals surface area contributed by atoms with E-state index in [1.54, 1.807) is 0 Å². The van der Waals surface area contributed by atoms with Crippen molar-refractivity contribution in [3.8, 4) is 0 Å². The summed E-state index contributed by atoms with van der Waals surface area (Å²) in [5, 5.41) is 0. The zero-order valence-corrected chi connectivity index (χ0v) is 13.3. The number of hydrogen-bond acceptors (Lipinski definition) is 3. The molecule has 1 aromatic rings. The molecule has 3 N–H and O–H groups in total. The Kier molecular flexibility index (Phi) is 5.01. The smallest absolute Gasteiger partial charge is 0.240 e. The summed E-state index contributed by atoms with van der Waals surface area (Å²) in [6.45, 7) is 4.33. The minimum atomic E-state index is -3.62. The van der Waals surface area contributed by atoms with Gasteiger partial charge in [-0.15, -0.1) is 0 Å². The number of halogens is 1. The van der Waals surface area contributed by atoms with Gasteiger partial charge in [-0.2, -0.15) is 0 Å². The molecule has 0 radical (unpaired) electrons. The van der Waals surface area contributed by atoms with Crippen LogP contribution in [-0.2, 0) is 16.6 Å². The van der Waals surface area contributed by atoms with Gasteiger partial charge < -0.3 is 5.73 Å². The van der Waals surface area contributed by atoms with E-state index in [0.29, 0.717) is 11.8 Å². The number of hydrogen-bond donors (Lipinski definition) is 2. The van der Waals surface area contributed by atoms with E-state index in [2.05, 4.69) is 18.6 Å². The highest BCUT2D eigenvalue weighted by Gasteiger charge is 2.28. The van der Waals surface area contributed by atoms with Gasteiger partial charge in [0.15, 0.2) is 0 Å². The van der Waals surface area contributed by atoms with Crippen LogP contribution in [-0.4, -0.2) is 14.5 Å². The molecule has 0 aliphatic heterocycles. The van der Waals surface area contributed by atoms with Gasteiger partial charge in [0.2, 0.25) is 10.0 Å². The molecule has 0 heterocycles. The van der Waals surface area contributed by atoms with Crippen LogP contribution in [0.3, 0.4) is 0 Å². The Balaban J connectivity index is 2.15. The van der Waals surface area contributed by atoms with Crippen LogP contribution < -0.4 is 10.5 Å². The van der Waals surface area contributed by atoms with E-state index in [-0.39, 0.29) is 23.0 Å². The molecule has 0 bridgehead atoms. The summed E-state index contributed by atoms with van der Waals surface area (Å²) in [5.41, 5.74) is 5.64. The van der Waals surface area contributed by atoms with Crippen LogP contribution in [0.15, 0.2) is 23.1 Å². The Bertz CT molecular complexity index is 604. The SMILES string of the molecule is CC1CCC(NS(=O)(=O)c2ccc(F)c(CN)c2)CC1C. The first-order chi connectivity index (χ1) is 9.83. The topological polar surface area (TPSA) is 72.2 Å². The maximum absolute atomic E-state index is 13.4. The molecule has 6 heteroatoms. The van der Waals surface area contributed by atoms with Crippen LogP contribution in [0.2, 0.25) is 0 Å². The molecule has 0 spiro atoms. The number of benzene rings is 1. The van der Waals surface area contributed by atoms with Gasteiger partial charge in [0, 0.05) is 18.2 Å². The lowest BCUT2D eigenvalue weighted by molar-refractivity contribution is 0.242. The predicted octanol–water partition coefficient (Wildman–Crippen LogP) is 2.39. The zero-order chi connectivity index (χ0) is 15.6. The van der Waals surface area contributed by atoms with Crippen LogP contribution in [0.4, 0.5) is 4.39 Å². The van der Waals surface area contributed by atoms with E-state index >= 15 is 0 Å². The zero-order valence-electron chi connectivity index (χ0n) is 12.5. The molecule has 2 rings (SSSR count). The molecule has 1 aliphatic rings. The van der Waals surface area contributed by atoms with Crippen LogP contribution >= 0.6 is 0 Å². The highest BCUT2D eigenvalue weighted by Crippen LogP contribution is 2.30. The van der Waals surface area contributed by atoms with Crippen molar-refractivity contribution >= 4 is 10.0 Å². The van der Waals surface area contributed by atoms with Gasteiger partial charge in [-0.05, 0) is 49.3 Å². The van der Waals surface area contributed by atoms with Gasteiger partial charge in [0.05, 0.1) is 4.90 Å². The first-order valence-corrected chi connectivity index (χ1v) is 8.82. The van der Waals surface area contributed by atoms with E-state index in [4.69, 9.17) is 5.73 Å². The molecule has 1 aliphatic carbocycles. The van der Waals surface area contributed by atoms with Crippen molar-refractivity contribution in [3.05, 3.63) is 29.6 Å². The van der Waals surface area contributed by atoms with Gasteiger partial charge >= 0.3 is 0 Å². The summed E-state index contributed by atoms with van der Waals surface area (Å²) < 4.78 is 40.9. The second-order valence-electron chi connectivity index (χ2n) is 6.04. The molecule has 118 valence electrons. The Hall–Kier alpha value is -0.980.